The number of aromatic hydroxyl groups is 1. The summed E-state index contributed by atoms with van der Waals surface area (Å²) in [6.07, 6.45) is 0.332. The second-order valence-electron chi connectivity index (χ2n) is 6.76. The number of rotatable bonds is 4. The molecular formula is C20H17Cl2N5O2. The van der Waals surface area contributed by atoms with E-state index in [2.05, 4.69) is 15.1 Å². The molecule has 29 heavy (non-hydrogen) atoms. The molecule has 0 unspecified atom stereocenters. The van der Waals surface area contributed by atoms with E-state index >= 15 is 0 Å². The number of para-hydroxylation sites is 1. The molecule has 0 fully saturated rings. The molecule has 0 aliphatic carbocycles. The molecule has 0 aliphatic heterocycles. The molecule has 4 rings (SSSR count). The van der Waals surface area contributed by atoms with Crippen LogP contribution in [0.15, 0.2) is 47.3 Å². The molecule has 2 heterocycles. The molecule has 7 nitrogen and oxygen atoms in total. The van der Waals surface area contributed by atoms with Crippen molar-refractivity contribution in [3.8, 4) is 11.4 Å². The molecule has 2 aromatic carbocycles. The van der Waals surface area contributed by atoms with E-state index in [0.717, 1.165) is 5.56 Å². The summed E-state index contributed by atoms with van der Waals surface area (Å²) in [6, 6.07) is 11.9. The van der Waals surface area contributed by atoms with Crippen molar-refractivity contribution in [1.82, 2.24) is 19.7 Å². The Bertz CT molecular complexity index is 1260. The average Bonchev–Trinajstić information content (AvgIpc) is 3.02. The van der Waals surface area contributed by atoms with Crippen molar-refractivity contribution in [3.05, 3.63) is 74.3 Å². The van der Waals surface area contributed by atoms with Gasteiger partial charge in [-0.05, 0) is 29.8 Å². The Morgan fingerprint density at radius 1 is 1.14 bits per heavy atom. The number of hydrogen-bond donors (Lipinski definition) is 2. The topological polar surface area (TPSA) is 87.0 Å². The fourth-order valence-electron chi connectivity index (χ4n) is 3.16. The molecule has 0 aliphatic rings. The van der Waals surface area contributed by atoms with Gasteiger partial charge in [-0.25, -0.2) is 9.67 Å². The third-order valence-corrected chi connectivity index (χ3v) is 5.03. The highest BCUT2D eigenvalue weighted by Crippen LogP contribution is 2.32. The number of H-pyrrole nitrogens is 1. The second-order valence-corrected chi connectivity index (χ2v) is 7.57. The van der Waals surface area contributed by atoms with Crippen LogP contribution in [-0.2, 0) is 6.42 Å². The summed E-state index contributed by atoms with van der Waals surface area (Å²) in [5, 5.41) is 15.4. The molecule has 0 spiro atoms. The zero-order chi connectivity index (χ0) is 20.7. The highest BCUT2D eigenvalue weighted by Gasteiger charge is 2.22. The number of fused-ring (bicyclic) bond motifs is 1. The maximum absolute atomic E-state index is 12.9. The molecule has 0 bridgehead atoms. The first-order chi connectivity index (χ1) is 13.8. The van der Waals surface area contributed by atoms with Crippen molar-refractivity contribution < 1.29 is 5.11 Å². The van der Waals surface area contributed by atoms with E-state index in [9.17, 15) is 9.90 Å². The molecule has 148 valence electrons. The first-order valence-corrected chi connectivity index (χ1v) is 9.52. The number of benzene rings is 2. The van der Waals surface area contributed by atoms with Crippen molar-refractivity contribution >= 4 is 40.1 Å². The Morgan fingerprint density at radius 3 is 2.48 bits per heavy atom. The third kappa shape index (κ3) is 3.54. The first-order valence-electron chi connectivity index (χ1n) is 8.76. The van der Waals surface area contributed by atoms with Crippen LogP contribution in [-0.4, -0.2) is 39.0 Å². The lowest BCUT2D eigenvalue weighted by Gasteiger charge is -2.09. The number of aromatic nitrogens is 4. The molecule has 0 amide bonds. The summed E-state index contributed by atoms with van der Waals surface area (Å²) in [5.74, 6) is 1.03. The number of anilines is 1. The predicted octanol–water partition coefficient (Wildman–Crippen LogP) is 3.78. The van der Waals surface area contributed by atoms with Crippen LogP contribution < -0.4 is 10.5 Å². The number of nitrogens with zero attached hydrogens (tertiary/aromatic N) is 4. The summed E-state index contributed by atoms with van der Waals surface area (Å²) in [7, 11) is 3.58. The SMILES string of the molecule is CN(C)c1nn(-c2c(Cl)cccc2Cl)c2nc(Cc3cccc(O)c3)[nH]c(=O)c12. The fourth-order valence-corrected chi connectivity index (χ4v) is 3.72. The van der Waals surface area contributed by atoms with Crippen LogP contribution in [0, 0.1) is 0 Å². The minimum Gasteiger partial charge on any atom is -0.508 e. The Kier molecular flexibility index (Phi) is 4.94. The summed E-state index contributed by atoms with van der Waals surface area (Å²) in [4.78, 5) is 22.1. The quantitative estimate of drug-likeness (QED) is 0.515. The summed E-state index contributed by atoms with van der Waals surface area (Å²) >= 11 is 12.8. The first kappa shape index (κ1) is 19.3. The highest BCUT2D eigenvalue weighted by molar-refractivity contribution is 6.37. The Balaban J connectivity index is 1.97. The normalized spacial score (nSPS) is 11.2. The van der Waals surface area contributed by atoms with Gasteiger partial charge in [-0.1, -0.05) is 41.4 Å². The summed E-state index contributed by atoms with van der Waals surface area (Å²) in [5.41, 5.74) is 1.29. The van der Waals surface area contributed by atoms with E-state index in [1.54, 1.807) is 55.4 Å². The number of phenols is 1. The molecule has 2 N–H and O–H groups in total. The van der Waals surface area contributed by atoms with Crippen molar-refractivity contribution in [3.63, 3.8) is 0 Å². The van der Waals surface area contributed by atoms with Crippen molar-refractivity contribution in [1.29, 1.82) is 0 Å². The van der Waals surface area contributed by atoms with Crippen LogP contribution >= 0.6 is 23.2 Å². The van der Waals surface area contributed by atoms with E-state index in [1.165, 1.54) is 4.68 Å². The van der Waals surface area contributed by atoms with E-state index in [1.807, 2.05) is 6.07 Å². The lowest BCUT2D eigenvalue weighted by molar-refractivity contribution is 0.474. The van der Waals surface area contributed by atoms with Crippen LogP contribution in [0.3, 0.4) is 0 Å². The van der Waals surface area contributed by atoms with Crippen LogP contribution in [0.25, 0.3) is 16.7 Å². The van der Waals surface area contributed by atoms with Crippen molar-refractivity contribution in [2.24, 2.45) is 0 Å². The fraction of sp³-hybridized carbons (Fsp3) is 0.150. The molecule has 2 aromatic heterocycles. The Hall–Kier alpha value is -3.03. The van der Waals surface area contributed by atoms with Gasteiger partial charge in [0.05, 0.1) is 10.0 Å². The molecule has 0 saturated heterocycles. The molecule has 0 saturated carbocycles. The number of hydrogen-bond acceptors (Lipinski definition) is 5. The van der Waals surface area contributed by atoms with Gasteiger partial charge in [-0.15, -0.1) is 5.10 Å². The molecule has 0 radical (unpaired) electrons. The maximum Gasteiger partial charge on any atom is 0.264 e. The van der Waals surface area contributed by atoms with Crippen LogP contribution in [0.4, 0.5) is 5.82 Å². The van der Waals surface area contributed by atoms with E-state index in [4.69, 9.17) is 23.2 Å². The lowest BCUT2D eigenvalue weighted by atomic mass is 10.1. The monoisotopic (exact) mass is 429 g/mol. The minimum absolute atomic E-state index is 0.147. The predicted molar refractivity (Wildman–Crippen MR) is 115 cm³/mol. The van der Waals surface area contributed by atoms with Crippen molar-refractivity contribution in [2.45, 2.75) is 6.42 Å². The Labute approximate surface area is 176 Å². The number of halogens is 2. The van der Waals surface area contributed by atoms with Gasteiger partial charge in [-0.3, -0.25) is 4.79 Å². The van der Waals surface area contributed by atoms with Gasteiger partial charge in [0.2, 0.25) is 0 Å². The van der Waals surface area contributed by atoms with Crippen LogP contribution in [0.1, 0.15) is 11.4 Å². The van der Waals surface area contributed by atoms with Gasteiger partial charge >= 0.3 is 0 Å². The average molecular weight is 430 g/mol. The van der Waals surface area contributed by atoms with Gasteiger partial charge in [0.1, 0.15) is 22.6 Å². The molecular weight excluding hydrogens is 413 g/mol. The smallest absolute Gasteiger partial charge is 0.264 e. The minimum atomic E-state index is -0.316. The summed E-state index contributed by atoms with van der Waals surface area (Å²) < 4.78 is 1.50. The standard InChI is InChI=1S/C20H17Cl2N5O2/c1-26(2)19-16-18(27(25-19)17-13(21)7-4-8-14(17)22)23-15(24-20(16)29)10-11-5-3-6-12(28)9-11/h3-9,28H,10H2,1-2H3,(H,23,24,29). The largest absolute Gasteiger partial charge is 0.508 e. The number of aromatic amines is 1. The van der Waals surface area contributed by atoms with Gasteiger partial charge in [0.25, 0.3) is 5.56 Å². The van der Waals surface area contributed by atoms with Gasteiger partial charge in [0, 0.05) is 20.5 Å². The van der Waals surface area contributed by atoms with E-state index in [-0.39, 0.29) is 11.3 Å². The molecule has 9 heteroatoms. The maximum atomic E-state index is 12.9. The highest BCUT2D eigenvalue weighted by atomic mass is 35.5. The summed E-state index contributed by atoms with van der Waals surface area (Å²) in [6.45, 7) is 0. The number of nitrogens with one attached hydrogen (secondary N) is 1. The van der Waals surface area contributed by atoms with Crippen LogP contribution in [0.5, 0.6) is 5.75 Å². The van der Waals surface area contributed by atoms with Gasteiger partial charge < -0.3 is 15.0 Å². The van der Waals surface area contributed by atoms with Crippen LogP contribution in [0.2, 0.25) is 10.0 Å². The molecule has 4 aromatic rings. The zero-order valence-electron chi connectivity index (χ0n) is 15.6. The second kappa shape index (κ2) is 7.42. The third-order valence-electron chi connectivity index (χ3n) is 4.42. The van der Waals surface area contributed by atoms with Gasteiger partial charge in [-0.2, -0.15) is 0 Å². The molecule has 0 atom stereocenters. The number of phenolic OH excluding ortho intramolecular Hbond substituents is 1. The zero-order valence-corrected chi connectivity index (χ0v) is 17.2. The van der Waals surface area contributed by atoms with Crippen molar-refractivity contribution in [2.75, 3.05) is 19.0 Å². The van der Waals surface area contributed by atoms with E-state index < -0.39 is 0 Å². The van der Waals surface area contributed by atoms with Gasteiger partial charge in [0.15, 0.2) is 11.5 Å². The Morgan fingerprint density at radius 2 is 1.83 bits per heavy atom. The van der Waals surface area contributed by atoms with E-state index in [0.29, 0.717) is 44.8 Å². The lowest BCUT2D eigenvalue weighted by Crippen LogP contribution is -2.16.